The Morgan fingerprint density at radius 3 is 2.80 bits per heavy atom. The molecule has 3 nitrogen and oxygen atoms in total. The second-order valence-electron chi connectivity index (χ2n) is 4.30. The summed E-state index contributed by atoms with van der Waals surface area (Å²) >= 11 is 11.8. The lowest BCUT2D eigenvalue weighted by Crippen LogP contribution is -2.15. The first-order valence-electron chi connectivity index (χ1n) is 5.77. The maximum absolute atomic E-state index is 12.0. The molecule has 0 saturated heterocycles. The number of aromatic nitrogens is 1. The highest BCUT2D eigenvalue weighted by Gasteiger charge is 2.11. The van der Waals surface area contributed by atoms with Crippen LogP contribution in [0.1, 0.15) is 5.56 Å². The molecule has 0 radical (unpaired) electrons. The highest BCUT2D eigenvalue weighted by molar-refractivity contribution is 14.1. The van der Waals surface area contributed by atoms with E-state index in [0.29, 0.717) is 17.2 Å². The number of hydrogen-bond donors (Lipinski definition) is 0. The molecule has 0 amide bonds. The highest BCUT2D eigenvalue weighted by atomic mass is 127. The number of hydrogen-bond acceptors (Lipinski definition) is 2. The van der Waals surface area contributed by atoms with Gasteiger partial charge in [0.05, 0.1) is 12.1 Å². The van der Waals surface area contributed by atoms with E-state index in [9.17, 15) is 4.79 Å². The molecule has 1 heterocycles. The van der Waals surface area contributed by atoms with Crippen LogP contribution in [0.25, 0.3) is 11.1 Å². The largest absolute Gasteiger partial charge is 0.420 e. The van der Waals surface area contributed by atoms with Crippen LogP contribution in [-0.4, -0.2) is 4.57 Å². The fourth-order valence-electron chi connectivity index (χ4n) is 2.01. The van der Waals surface area contributed by atoms with Gasteiger partial charge in [-0.1, -0.05) is 33.6 Å². The van der Waals surface area contributed by atoms with Crippen molar-refractivity contribution in [3.05, 3.63) is 65.6 Å². The SMILES string of the molecule is O=c1oc2ccc(I)cc2n1Cc1ccc(Br)cc1Cl. The molecule has 0 atom stereocenters. The quantitative estimate of drug-likeness (QED) is 0.517. The van der Waals surface area contributed by atoms with Gasteiger partial charge in [-0.15, -0.1) is 0 Å². The number of benzene rings is 2. The number of nitrogens with zero attached hydrogens (tertiary/aromatic N) is 1. The number of fused-ring (bicyclic) bond motifs is 1. The van der Waals surface area contributed by atoms with Crippen molar-refractivity contribution in [1.29, 1.82) is 0 Å². The summed E-state index contributed by atoms with van der Waals surface area (Å²) in [6.07, 6.45) is 0. The lowest BCUT2D eigenvalue weighted by atomic mass is 10.2. The van der Waals surface area contributed by atoms with Gasteiger partial charge in [-0.25, -0.2) is 4.79 Å². The van der Waals surface area contributed by atoms with Crippen LogP contribution in [-0.2, 0) is 6.54 Å². The van der Waals surface area contributed by atoms with Crippen LogP contribution in [0.2, 0.25) is 5.02 Å². The third kappa shape index (κ3) is 2.66. The minimum absolute atomic E-state index is 0.374. The van der Waals surface area contributed by atoms with Gasteiger partial charge in [-0.05, 0) is 58.5 Å². The van der Waals surface area contributed by atoms with Gasteiger partial charge in [-0.3, -0.25) is 4.57 Å². The average Bonchev–Trinajstić information content (AvgIpc) is 2.69. The van der Waals surface area contributed by atoms with Crippen molar-refractivity contribution in [3.63, 3.8) is 0 Å². The predicted octanol–water partition coefficient (Wildman–Crippen LogP) is 4.66. The van der Waals surface area contributed by atoms with Gasteiger partial charge >= 0.3 is 5.76 Å². The molecule has 1 aromatic heterocycles. The summed E-state index contributed by atoms with van der Waals surface area (Å²) in [6, 6.07) is 11.2. The van der Waals surface area contributed by atoms with E-state index >= 15 is 0 Å². The van der Waals surface area contributed by atoms with Gasteiger partial charge in [0.2, 0.25) is 0 Å². The molecule has 0 unspecified atom stereocenters. The zero-order valence-electron chi connectivity index (χ0n) is 10.1. The summed E-state index contributed by atoms with van der Waals surface area (Å²) in [6.45, 7) is 0.387. The van der Waals surface area contributed by atoms with E-state index in [1.165, 1.54) is 0 Å². The molecule has 2 aromatic carbocycles. The minimum Gasteiger partial charge on any atom is -0.408 e. The molecule has 0 fully saturated rings. The van der Waals surface area contributed by atoms with Crippen LogP contribution in [0.4, 0.5) is 0 Å². The van der Waals surface area contributed by atoms with Crippen LogP contribution in [0.5, 0.6) is 0 Å². The maximum Gasteiger partial charge on any atom is 0.420 e. The zero-order valence-corrected chi connectivity index (χ0v) is 14.6. The van der Waals surface area contributed by atoms with E-state index < -0.39 is 0 Å². The maximum atomic E-state index is 12.0. The molecule has 102 valence electrons. The van der Waals surface area contributed by atoms with Gasteiger partial charge in [-0.2, -0.15) is 0 Å². The summed E-state index contributed by atoms with van der Waals surface area (Å²) in [5.41, 5.74) is 2.24. The first-order valence-corrected chi connectivity index (χ1v) is 8.02. The van der Waals surface area contributed by atoms with Crippen molar-refractivity contribution in [2.75, 3.05) is 0 Å². The Morgan fingerprint density at radius 1 is 1.25 bits per heavy atom. The monoisotopic (exact) mass is 463 g/mol. The first-order chi connectivity index (χ1) is 9.54. The molecule has 0 spiro atoms. The fourth-order valence-corrected chi connectivity index (χ4v) is 3.21. The van der Waals surface area contributed by atoms with E-state index in [1.54, 1.807) is 10.6 Å². The zero-order chi connectivity index (χ0) is 14.3. The Morgan fingerprint density at radius 2 is 2.05 bits per heavy atom. The third-order valence-electron chi connectivity index (χ3n) is 2.97. The van der Waals surface area contributed by atoms with Gasteiger partial charge in [0.15, 0.2) is 5.58 Å². The van der Waals surface area contributed by atoms with E-state index in [4.69, 9.17) is 16.0 Å². The topological polar surface area (TPSA) is 35.1 Å². The molecule has 6 heteroatoms. The van der Waals surface area contributed by atoms with Gasteiger partial charge in [0.1, 0.15) is 0 Å². The lowest BCUT2D eigenvalue weighted by molar-refractivity contribution is 0.518. The normalized spacial score (nSPS) is 11.2. The standard InChI is InChI=1S/C14H8BrClINO2/c15-9-2-1-8(11(16)5-9)7-18-12-6-10(17)3-4-13(12)20-14(18)19/h1-6H,7H2. The summed E-state index contributed by atoms with van der Waals surface area (Å²) in [5.74, 6) is -0.374. The molecule has 0 N–H and O–H groups in total. The lowest BCUT2D eigenvalue weighted by Gasteiger charge is -2.06. The van der Waals surface area contributed by atoms with Crippen LogP contribution in [0.3, 0.4) is 0 Å². The summed E-state index contributed by atoms with van der Waals surface area (Å²) < 4.78 is 8.79. The molecule has 0 aliphatic carbocycles. The van der Waals surface area contributed by atoms with Crippen molar-refractivity contribution in [2.24, 2.45) is 0 Å². The van der Waals surface area contributed by atoms with E-state index in [2.05, 4.69) is 38.5 Å². The summed E-state index contributed by atoms with van der Waals surface area (Å²) in [4.78, 5) is 12.0. The van der Waals surface area contributed by atoms with Gasteiger partial charge in [0.25, 0.3) is 0 Å². The fraction of sp³-hybridized carbons (Fsp3) is 0.0714. The second-order valence-corrected chi connectivity index (χ2v) is 6.87. The van der Waals surface area contributed by atoms with Crippen LogP contribution in [0, 0.1) is 3.57 Å². The molecule has 20 heavy (non-hydrogen) atoms. The van der Waals surface area contributed by atoms with Crippen molar-refractivity contribution < 1.29 is 4.42 Å². The Hall–Kier alpha value is -0.790. The molecule has 0 bridgehead atoms. The smallest absolute Gasteiger partial charge is 0.408 e. The van der Waals surface area contributed by atoms with Crippen molar-refractivity contribution in [2.45, 2.75) is 6.54 Å². The Balaban J connectivity index is 2.12. The van der Waals surface area contributed by atoms with Crippen LogP contribution >= 0.6 is 50.1 Å². The van der Waals surface area contributed by atoms with Crippen LogP contribution < -0.4 is 5.76 Å². The molecule has 0 aliphatic rings. The van der Waals surface area contributed by atoms with E-state index in [0.717, 1.165) is 19.1 Å². The first kappa shape index (κ1) is 14.2. The Bertz CT molecular complexity index is 856. The average molecular weight is 464 g/mol. The summed E-state index contributed by atoms with van der Waals surface area (Å²) in [7, 11) is 0. The molecule has 0 saturated carbocycles. The molecule has 3 aromatic rings. The van der Waals surface area contributed by atoms with Crippen molar-refractivity contribution in [1.82, 2.24) is 4.57 Å². The molecule has 3 rings (SSSR count). The number of oxazole rings is 1. The van der Waals surface area contributed by atoms with Crippen molar-refractivity contribution in [3.8, 4) is 0 Å². The number of halogens is 3. The van der Waals surface area contributed by atoms with Gasteiger partial charge < -0.3 is 4.42 Å². The predicted molar refractivity (Wildman–Crippen MR) is 91.4 cm³/mol. The van der Waals surface area contributed by atoms with E-state index in [-0.39, 0.29) is 5.76 Å². The molecular weight excluding hydrogens is 456 g/mol. The van der Waals surface area contributed by atoms with Gasteiger partial charge in [0, 0.05) is 13.1 Å². The second kappa shape index (κ2) is 5.54. The Labute approximate surface area is 141 Å². The van der Waals surface area contributed by atoms with Crippen molar-refractivity contribution >= 4 is 61.2 Å². The number of rotatable bonds is 2. The Kier molecular flexibility index (Phi) is 3.92. The van der Waals surface area contributed by atoms with E-state index in [1.807, 2.05) is 30.3 Å². The third-order valence-corrected chi connectivity index (χ3v) is 4.49. The molecular formula is C14H8BrClINO2. The minimum atomic E-state index is -0.374. The summed E-state index contributed by atoms with van der Waals surface area (Å²) in [5, 5.41) is 0.617. The highest BCUT2D eigenvalue weighted by Crippen LogP contribution is 2.23. The van der Waals surface area contributed by atoms with Crippen LogP contribution in [0.15, 0.2) is 50.1 Å². The molecule has 0 aliphatic heterocycles.